The van der Waals surface area contributed by atoms with E-state index < -0.39 is 0 Å². The predicted octanol–water partition coefficient (Wildman–Crippen LogP) is 3.02. The second kappa shape index (κ2) is 6.19. The van der Waals surface area contributed by atoms with E-state index >= 15 is 0 Å². The van der Waals surface area contributed by atoms with Crippen LogP contribution in [0.3, 0.4) is 0 Å². The highest BCUT2D eigenvalue weighted by molar-refractivity contribution is 9.10. The molecule has 2 aromatic heterocycles. The van der Waals surface area contributed by atoms with E-state index in [9.17, 15) is 4.79 Å². The number of thiophene rings is 1. The first kappa shape index (κ1) is 14.0. The molecular formula is C14H11BrN4OS. The number of carbonyl (C=O) groups is 1. The van der Waals surface area contributed by atoms with Crippen molar-refractivity contribution in [3.63, 3.8) is 0 Å². The highest BCUT2D eigenvalue weighted by atomic mass is 79.9. The topological polar surface area (TPSA) is 59.8 Å². The summed E-state index contributed by atoms with van der Waals surface area (Å²) in [6, 6.07) is 9.26. The molecular weight excluding hydrogens is 352 g/mol. The summed E-state index contributed by atoms with van der Waals surface area (Å²) >= 11 is 4.96. The van der Waals surface area contributed by atoms with Gasteiger partial charge in [-0.3, -0.25) is 4.79 Å². The molecule has 3 aromatic rings. The first-order valence-electron chi connectivity index (χ1n) is 6.20. The number of hydrogen-bond donors (Lipinski definition) is 1. The van der Waals surface area contributed by atoms with Crippen molar-refractivity contribution >= 4 is 33.2 Å². The van der Waals surface area contributed by atoms with Crippen LogP contribution in [0.4, 0.5) is 0 Å². The number of hydrogen-bond acceptors (Lipinski definition) is 4. The number of benzene rings is 1. The van der Waals surface area contributed by atoms with Crippen molar-refractivity contribution in [3.05, 3.63) is 63.0 Å². The normalized spacial score (nSPS) is 10.5. The van der Waals surface area contributed by atoms with E-state index in [2.05, 4.69) is 31.6 Å². The quantitative estimate of drug-likeness (QED) is 0.775. The van der Waals surface area contributed by atoms with Crippen LogP contribution in [0.15, 0.2) is 51.8 Å². The van der Waals surface area contributed by atoms with Crippen LogP contribution in [0.2, 0.25) is 0 Å². The Morgan fingerprint density at radius 3 is 2.95 bits per heavy atom. The second-order valence-corrected chi connectivity index (χ2v) is 5.93. The van der Waals surface area contributed by atoms with Crippen LogP contribution in [0.25, 0.3) is 5.69 Å². The van der Waals surface area contributed by atoms with E-state index in [0.29, 0.717) is 17.8 Å². The Morgan fingerprint density at radius 1 is 1.33 bits per heavy atom. The molecule has 0 radical (unpaired) electrons. The van der Waals surface area contributed by atoms with Crippen LogP contribution in [-0.2, 0) is 6.54 Å². The summed E-state index contributed by atoms with van der Waals surface area (Å²) in [6.07, 6.45) is 1.81. The smallest absolute Gasteiger partial charge is 0.252 e. The summed E-state index contributed by atoms with van der Waals surface area (Å²) in [5.74, 6) is -0.146. The first-order chi connectivity index (χ1) is 10.2. The van der Waals surface area contributed by atoms with E-state index in [1.54, 1.807) is 22.1 Å². The Bertz CT molecular complexity index is 754. The fraction of sp³-hybridized carbons (Fsp3) is 0.0714. The van der Waals surface area contributed by atoms with Gasteiger partial charge in [-0.05, 0) is 39.5 Å². The largest absolute Gasteiger partial charge is 0.346 e. The van der Waals surface area contributed by atoms with Gasteiger partial charge in [-0.2, -0.15) is 11.3 Å². The van der Waals surface area contributed by atoms with Gasteiger partial charge in [0.1, 0.15) is 5.69 Å². The van der Waals surface area contributed by atoms with Crippen molar-refractivity contribution in [3.8, 4) is 5.69 Å². The number of halogens is 1. The van der Waals surface area contributed by atoms with Gasteiger partial charge >= 0.3 is 0 Å². The lowest BCUT2D eigenvalue weighted by atomic mass is 10.2. The van der Waals surface area contributed by atoms with E-state index in [-0.39, 0.29) is 5.91 Å². The standard InChI is InChI=1S/C14H11BrN4OS/c15-13-4-2-1-3-12(13)14(20)16-7-10-8-19(18-17-10)11-5-6-21-9-11/h1-6,8-9H,7H2,(H,16,20). The minimum atomic E-state index is -0.146. The monoisotopic (exact) mass is 362 g/mol. The minimum Gasteiger partial charge on any atom is -0.346 e. The zero-order valence-electron chi connectivity index (χ0n) is 10.9. The molecule has 2 heterocycles. The number of amides is 1. The van der Waals surface area contributed by atoms with Crippen LogP contribution in [0.5, 0.6) is 0 Å². The number of aromatic nitrogens is 3. The van der Waals surface area contributed by atoms with Crippen LogP contribution in [0.1, 0.15) is 16.1 Å². The lowest BCUT2D eigenvalue weighted by Gasteiger charge is -2.04. The molecule has 0 fully saturated rings. The van der Waals surface area contributed by atoms with Crippen molar-refractivity contribution in [2.24, 2.45) is 0 Å². The number of nitrogens with zero attached hydrogens (tertiary/aromatic N) is 3. The third-order valence-corrected chi connectivity index (χ3v) is 4.22. The lowest BCUT2D eigenvalue weighted by molar-refractivity contribution is 0.0949. The molecule has 1 amide bonds. The minimum absolute atomic E-state index is 0.146. The summed E-state index contributed by atoms with van der Waals surface area (Å²) in [5, 5.41) is 14.9. The maximum absolute atomic E-state index is 12.1. The van der Waals surface area contributed by atoms with Gasteiger partial charge in [-0.15, -0.1) is 5.10 Å². The molecule has 106 valence electrons. The second-order valence-electron chi connectivity index (χ2n) is 4.30. The molecule has 5 nitrogen and oxygen atoms in total. The molecule has 0 saturated heterocycles. The average Bonchev–Trinajstić information content (AvgIpc) is 3.16. The lowest BCUT2D eigenvalue weighted by Crippen LogP contribution is -2.23. The molecule has 0 aliphatic carbocycles. The van der Waals surface area contributed by atoms with Crippen LogP contribution >= 0.6 is 27.3 Å². The average molecular weight is 363 g/mol. The predicted molar refractivity (Wildman–Crippen MR) is 84.5 cm³/mol. The first-order valence-corrected chi connectivity index (χ1v) is 7.94. The van der Waals surface area contributed by atoms with Gasteiger partial charge in [-0.1, -0.05) is 17.3 Å². The number of carbonyl (C=O) groups excluding carboxylic acids is 1. The van der Waals surface area contributed by atoms with E-state index in [0.717, 1.165) is 10.2 Å². The van der Waals surface area contributed by atoms with Crippen LogP contribution < -0.4 is 5.32 Å². The van der Waals surface area contributed by atoms with Crippen molar-refractivity contribution in [2.75, 3.05) is 0 Å². The maximum Gasteiger partial charge on any atom is 0.252 e. The Kier molecular flexibility index (Phi) is 4.12. The summed E-state index contributed by atoms with van der Waals surface area (Å²) in [5.41, 5.74) is 2.28. The molecule has 21 heavy (non-hydrogen) atoms. The summed E-state index contributed by atoms with van der Waals surface area (Å²) in [6.45, 7) is 0.338. The Labute approximate surface area is 133 Å². The Hall–Kier alpha value is -1.99. The molecule has 0 bridgehead atoms. The molecule has 1 aromatic carbocycles. The molecule has 0 aliphatic rings. The van der Waals surface area contributed by atoms with Crippen molar-refractivity contribution in [2.45, 2.75) is 6.54 Å². The van der Waals surface area contributed by atoms with Gasteiger partial charge in [0.2, 0.25) is 0 Å². The number of rotatable bonds is 4. The summed E-state index contributed by atoms with van der Waals surface area (Å²) < 4.78 is 2.46. The third-order valence-electron chi connectivity index (χ3n) is 2.86. The van der Waals surface area contributed by atoms with Crippen LogP contribution in [-0.4, -0.2) is 20.9 Å². The fourth-order valence-corrected chi connectivity index (χ4v) is 2.89. The van der Waals surface area contributed by atoms with Gasteiger partial charge in [0.25, 0.3) is 5.91 Å². The third kappa shape index (κ3) is 3.20. The highest BCUT2D eigenvalue weighted by Crippen LogP contribution is 2.15. The van der Waals surface area contributed by atoms with Crippen LogP contribution in [0, 0.1) is 0 Å². The van der Waals surface area contributed by atoms with Gasteiger partial charge in [0, 0.05) is 9.85 Å². The summed E-state index contributed by atoms with van der Waals surface area (Å²) in [7, 11) is 0. The molecule has 0 saturated carbocycles. The Balaban J connectivity index is 1.66. The van der Waals surface area contributed by atoms with E-state index in [4.69, 9.17) is 0 Å². The zero-order chi connectivity index (χ0) is 14.7. The van der Waals surface area contributed by atoms with E-state index in [1.165, 1.54) is 0 Å². The molecule has 0 unspecified atom stereocenters. The van der Waals surface area contributed by atoms with Crippen molar-refractivity contribution < 1.29 is 4.79 Å². The van der Waals surface area contributed by atoms with Gasteiger partial charge in [0.05, 0.1) is 24.0 Å². The molecule has 1 N–H and O–H groups in total. The highest BCUT2D eigenvalue weighted by Gasteiger charge is 2.10. The summed E-state index contributed by atoms with van der Waals surface area (Å²) in [4.78, 5) is 12.1. The Morgan fingerprint density at radius 2 is 2.19 bits per heavy atom. The maximum atomic E-state index is 12.1. The van der Waals surface area contributed by atoms with Crippen molar-refractivity contribution in [1.82, 2.24) is 20.3 Å². The fourth-order valence-electron chi connectivity index (χ4n) is 1.80. The molecule has 0 aliphatic heterocycles. The van der Waals surface area contributed by atoms with Gasteiger partial charge in [0.15, 0.2) is 0 Å². The molecule has 0 atom stereocenters. The van der Waals surface area contributed by atoms with Gasteiger partial charge in [-0.25, -0.2) is 4.68 Å². The van der Waals surface area contributed by atoms with Crippen molar-refractivity contribution in [1.29, 1.82) is 0 Å². The SMILES string of the molecule is O=C(NCc1cn(-c2ccsc2)nn1)c1ccccc1Br. The number of nitrogens with one attached hydrogen (secondary N) is 1. The zero-order valence-corrected chi connectivity index (χ0v) is 13.3. The van der Waals surface area contributed by atoms with E-state index in [1.807, 2.05) is 41.2 Å². The molecule has 3 rings (SSSR count). The molecule has 7 heteroatoms. The molecule has 0 spiro atoms. The van der Waals surface area contributed by atoms with Gasteiger partial charge < -0.3 is 5.32 Å².